The molecule has 3 N–H and O–H groups in total. The lowest BCUT2D eigenvalue weighted by Crippen LogP contribution is -2.27. The molecule has 0 bridgehead atoms. The molecule has 0 aliphatic carbocycles. The summed E-state index contributed by atoms with van der Waals surface area (Å²) in [6.07, 6.45) is 0.974. The highest BCUT2D eigenvalue weighted by Crippen LogP contribution is 2.18. The average Bonchev–Trinajstić information content (AvgIpc) is 2.95. The number of hydrogen-bond acceptors (Lipinski definition) is 5. The molecule has 7 heteroatoms. The van der Waals surface area contributed by atoms with Gasteiger partial charge >= 0.3 is 0 Å². The van der Waals surface area contributed by atoms with Gasteiger partial charge in [0.1, 0.15) is 0 Å². The molecule has 0 saturated carbocycles. The second-order valence-electron chi connectivity index (χ2n) is 6.59. The van der Waals surface area contributed by atoms with Gasteiger partial charge in [0.05, 0.1) is 6.04 Å². The number of nitrogen functional groups attached to an aromatic ring is 1. The maximum absolute atomic E-state index is 12.4. The maximum atomic E-state index is 12.4. The summed E-state index contributed by atoms with van der Waals surface area (Å²) in [6.45, 7) is 7.91. The third-order valence-corrected chi connectivity index (χ3v) is 4.70. The van der Waals surface area contributed by atoms with Crippen LogP contribution in [0.15, 0.2) is 24.3 Å². The number of fused-ring (bicyclic) bond motifs is 1. The maximum Gasteiger partial charge on any atom is 0.254 e. The Morgan fingerprint density at radius 3 is 2.69 bits per heavy atom. The first-order valence-electron chi connectivity index (χ1n) is 8.70. The van der Waals surface area contributed by atoms with E-state index in [1.54, 1.807) is 4.52 Å². The van der Waals surface area contributed by atoms with Crippen LogP contribution < -0.4 is 11.1 Å². The standard InChI is InChI=1S/C19H24N6O/c1-11-7-5-6-8-15(11)12(2)21-17(26)10-9-16-13(3)22-19-23-18(20)24-25(19)14(16)4/h5-8,12H,9-10H2,1-4H3,(H2,20,24)(H,21,26)/t12-/m0/s1. The first kappa shape index (κ1) is 17.8. The van der Waals surface area contributed by atoms with Gasteiger partial charge in [-0.25, -0.2) is 4.98 Å². The number of nitrogens with one attached hydrogen (secondary N) is 1. The molecule has 0 unspecified atom stereocenters. The fourth-order valence-electron chi connectivity index (χ4n) is 3.29. The molecule has 1 aromatic carbocycles. The number of benzene rings is 1. The Bertz CT molecular complexity index is 962. The molecule has 3 aromatic rings. The van der Waals surface area contributed by atoms with E-state index in [1.807, 2.05) is 39.0 Å². The zero-order valence-corrected chi connectivity index (χ0v) is 15.6. The van der Waals surface area contributed by atoms with E-state index >= 15 is 0 Å². The molecule has 0 aliphatic heterocycles. The summed E-state index contributed by atoms with van der Waals surface area (Å²) in [5, 5.41) is 7.23. The second-order valence-corrected chi connectivity index (χ2v) is 6.59. The fraction of sp³-hybridized carbons (Fsp3) is 0.368. The number of aryl methyl sites for hydroxylation is 3. The molecule has 1 atom stereocenters. The number of aromatic nitrogens is 4. The average molecular weight is 352 g/mol. The Balaban J connectivity index is 1.70. The molecule has 2 heterocycles. The molecule has 0 aliphatic rings. The van der Waals surface area contributed by atoms with E-state index in [9.17, 15) is 4.79 Å². The molecular formula is C19H24N6O. The molecule has 0 radical (unpaired) electrons. The van der Waals surface area contributed by atoms with Crippen molar-refractivity contribution in [3.8, 4) is 0 Å². The van der Waals surface area contributed by atoms with Gasteiger partial charge in [-0.05, 0) is 50.8 Å². The van der Waals surface area contributed by atoms with Crippen molar-refractivity contribution in [2.45, 2.75) is 46.6 Å². The van der Waals surface area contributed by atoms with Crippen molar-refractivity contribution in [1.82, 2.24) is 24.9 Å². The summed E-state index contributed by atoms with van der Waals surface area (Å²) in [5.41, 5.74) is 10.7. The van der Waals surface area contributed by atoms with Crippen molar-refractivity contribution in [3.05, 3.63) is 52.3 Å². The van der Waals surface area contributed by atoms with Crippen LogP contribution in [0.2, 0.25) is 0 Å². The van der Waals surface area contributed by atoms with E-state index in [-0.39, 0.29) is 17.9 Å². The van der Waals surface area contributed by atoms with Gasteiger partial charge in [0.25, 0.3) is 5.78 Å². The normalized spacial score (nSPS) is 12.3. The number of nitrogens with two attached hydrogens (primary N) is 1. The summed E-state index contributed by atoms with van der Waals surface area (Å²) in [6, 6.07) is 8.06. The number of nitrogens with zero attached hydrogens (tertiary/aromatic N) is 4. The van der Waals surface area contributed by atoms with Crippen molar-refractivity contribution < 1.29 is 4.79 Å². The summed E-state index contributed by atoms with van der Waals surface area (Å²) in [7, 11) is 0. The molecule has 3 rings (SSSR count). The molecule has 2 aromatic heterocycles. The largest absolute Gasteiger partial charge is 0.366 e. The van der Waals surface area contributed by atoms with Crippen LogP contribution in [-0.2, 0) is 11.2 Å². The summed E-state index contributed by atoms with van der Waals surface area (Å²) < 4.78 is 1.63. The second kappa shape index (κ2) is 7.11. The van der Waals surface area contributed by atoms with Gasteiger partial charge in [0.2, 0.25) is 11.9 Å². The lowest BCUT2D eigenvalue weighted by atomic mass is 10.0. The van der Waals surface area contributed by atoms with Gasteiger partial charge in [-0.3, -0.25) is 4.79 Å². The van der Waals surface area contributed by atoms with Crippen LogP contribution in [0.1, 0.15) is 47.5 Å². The highest BCUT2D eigenvalue weighted by Gasteiger charge is 2.15. The molecule has 1 amide bonds. The minimum Gasteiger partial charge on any atom is -0.366 e. The number of amides is 1. The van der Waals surface area contributed by atoms with E-state index in [0.29, 0.717) is 18.6 Å². The smallest absolute Gasteiger partial charge is 0.254 e. The minimum absolute atomic E-state index is 0.0118. The SMILES string of the molecule is Cc1ccccc1[C@H](C)NC(=O)CCc1c(C)nc2nc(N)nn2c1C. The van der Waals surface area contributed by atoms with Crippen molar-refractivity contribution in [2.24, 2.45) is 0 Å². The molecule has 7 nitrogen and oxygen atoms in total. The van der Waals surface area contributed by atoms with E-state index < -0.39 is 0 Å². The van der Waals surface area contributed by atoms with E-state index in [1.165, 1.54) is 5.56 Å². The molecule has 26 heavy (non-hydrogen) atoms. The Morgan fingerprint density at radius 1 is 1.23 bits per heavy atom. The lowest BCUT2D eigenvalue weighted by Gasteiger charge is -2.17. The van der Waals surface area contributed by atoms with Gasteiger partial charge in [-0.2, -0.15) is 9.50 Å². The molecule has 136 valence electrons. The number of anilines is 1. The van der Waals surface area contributed by atoms with Crippen molar-refractivity contribution in [3.63, 3.8) is 0 Å². The van der Waals surface area contributed by atoms with Crippen LogP contribution in [0.3, 0.4) is 0 Å². The summed E-state index contributed by atoms with van der Waals surface area (Å²) >= 11 is 0. The molecule has 0 saturated heterocycles. The predicted octanol–water partition coefficient (Wildman–Crippen LogP) is 2.44. The third-order valence-electron chi connectivity index (χ3n) is 4.70. The van der Waals surface area contributed by atoms with Gasteiger partial charge in [0.15, 0.2) is 0 Å². The summed E-state index contributed by atoms with van der Waals surface area (Å²) in [5.74, 6) is 0.693. The Kier molecular flexibility index (Phi) is 4.88. The highest BCUT2D eigenvalue weighted by atomic mass is 16.1. The summed E-state index contributed by atoms with van der Waals surface area (Å²) in [4.78, 5) is 20.9. The van der Waals surface area contributed by atoms with Gasteiger partial charge < -0.3 is 11.1 Å². The third kappa shape index (κ3) is 3.51. The van der Waals surface area contributed by atoms with Crippen LogP contribution in [0.4, 0.5) is 5.95 Å². The van der Waals surface area contributed by atoms with Crippen molar-refractivity contribution in [1.29, 1.82) is 0 Å². The molecule has 0 fully saturated rings. The number of rotatable bonds is 5. The minimum atomic E-state index is -0.0263. The van der Waals surface area contributed by atoms with E-state index in [4.69, 9.17) is 5.73 Å². The Morgan fingerprint density at radius 2 is 1.96 bits per heavy atom. The molecular weight excluding hydrogens is 328 g/mol. The Labute approximate surface area is 152 Å². The fourth-order valence-corrected chi connectivity index (χ4v) is 3.29. The number of carbonyl (C=O) groups is 1. The molecule has 0 spiro atoms. The highest BCUT2D eigenvalue weighted by molar-refractivity contribution is 5.76. The quantitative estimate of drug-likeness (QED) is 0.735. The number of hydrogen-bond donors (Lipinski definition) is 2. The van der Waals surface area contributed by atoms with Gasteiger partial charge in [-0.1, -0.05) is 24.3 Å². The lowest BCUT2D eigenvalue weighted by molar-refractivity contribution is -0.121. The zero-order chi connectivity index (χ0) is 18.8. The van der Waals surface area contributed by atoms with Gasteiger partial charge in [-0.15, -0.1) is 5.10 Å². The van der Waals surface area contributed by atoms with Crippen LogP contribution in [0.5, 0.6) is 0 Å². The number of carbonyl (C=O) groups excluding carboxylic acids is 1. The Hall–Kier alpha value is -2.96. The van der Waals surface area contributed by atoms with Crippen molar-refractivity contribution >= 4 is 17.6 Å². The van der Waals surface area contributed by atoms with Crippen molar-refractivity contribution in [2.75, 3.05) is 5.73 Å². The van der Waals surface area contributed by atoms with Crippen LogP contribution >= 0.6 is 0 Å². The monoisotopic (exact) mass is 352 g/mol. The van der Waals surface area contributed by atoms with E-state index in [2.05, 4.69) is 33.4 Å². The zero-order valence-electron chi connectivity index (χ0n) is 15.6. The first-order valence-corrected chi connectivity index (χ1v) is 8.70. The van der Waals surface area contributed by atoms with Crippen LogP contribution in [0, 0.1) is 20.8 Å². The van der Waals surface area contributed by atoms with Crippen LogP contribution in [-0.4, -0.2) is 25.5 Å². The van der Waals surface area contributed by atoms with E-state index in [0.717, 1.165) is 22.5 Å². The van der Waals surface area contributed by atoms with Gasteiger partial charge in [0, 0.05) is 17.8 Å². The topological polar surface area (TPSA) is 98.2 Å². The first-order chi connectivity index (χ1) is 12.4. The predicted molar refractivity (Wildman–Crippen MR) is 101 cm³/mol. The van der Waals surface area contributed by atoms with Crippen LogP contribution in [0.25, 0.3) is 5.78 Å².